The lowest BCUT2D eigenvalue weighted by molar-refractivity contribution is 0.0949. The van der Waals surface area contributed by atoms with Gasteiger partial charge in [-0.2, -0.15) is 0 Å². The van der Waals surface area contributed by atoms with E-state index in [9.17, 15) is 9.59 Å². The highest BCUT2D eigenvalue weighted by molar-refractivity contribution is 5.93. The number of nitrogens with zero attached hydrogens (tertiary/aromatic N) is 2. The summed E-state index contributed by atoms with van der Waals surface area (Å²) >= 11 is 0. The summed E-state index contributed by atoms with van der Waals surface area (Å²) < 4.78 is 6.98. The van der Waals surface area contributed by atoms with E-state index in [1.165, 1.54) is 10.6 Å². The number of carbonyl (C=O) groups excluding carboxylic acids is 1. The summed E-state index contributed by atoms with van der Waals surface area (Å²) in [4.78, 5) is 28.6. The molecule has 3 rings (SSSR count). The van der Waals surface area contributed by atoms with Crippen molar-refractivity contribution in [2.24, 2.45) is 0 Å². The van der Waals surface area contributed by atoms with Crippen LogP contribution in [0.1, 0.15) is 22.3 Å². The van der Waals surface area contributed by atoms with Crippen molar-refractivity contribution in [3.05, 3.63) is 76.3 Å². The molecule has 0 bridgehead atoms. The van der Waals surface area contributed by atoms with Gasteiger partial charge in [-0.1, -0.05) is 18.2 Å². The van der Waals surface area contributed by atoms with Gasteiger partial charge < -0.3 is 10.1 Å². The molecule has 0 aliphatic heterocycles. The number of pyridine rings is 1. The first kappa shape index (κ1) is 16.7. The normalized spacial score (nSPS) is 10.6. The average Bonchev–Trinajstić information content (AvgIpc) is 2.62. The molecule has 1 amide bonds. The molecule has 3 aromatic rings. The van der Waals surface area contributed by atoms with Crippen molar-refractivity contribution in [2.75, 3.05) is 13.2 Å². The maximum absolute atomic E-state index is 12.3. The van der Waals surface area contributed by atoms with Crippen LogP contribution in [0.3, 0.4) is 0 Å². The highest BCUT2D eigenvalue weighted by Gasteiger charge is 2.12. The van der Waals surface area contributed by atoms with Gasteiger partial charge in [0, 0.05) is 18.9 Å². The van der Waals surface area contributed by atoms with E-state index in [1.54, 1.807) is 24.4 Å². The van der Waals surface area contributed by atoms with Crippen molar-refractivity contribution >= 4 is 11.6 Å². The van der Waals surface area contributed by atoms with Gasteiger partial charge in [0.25, 0.3) is 11.5 Å². The summed E-state index contributed by atoms with van der Waals surface area (Å²) in [7, 11) is 0. The van der Waals surface area contributed by atoms with Crippen LogP contribution in [0.4, 0.5) is 0 Å². The fourth-order valence-corrected chi connectivity index (χ4v) is 2.45. The minimum Gasteiger partial charge on any atom is -0.494 e. The number of hydrogen-bond donors (Lipinski definition) is 1. The second kappa shape index (κ2) is 7.61. The Morgan fingerprint density at radius 2 is 2.12 bits per heavy atom. The molecule has 128 valence electrons. The Morgan fingerprint density at radius 3 is 2.96 bits per heavy atom. The molecule has 1 aromatic carbocycles. The molecule has 25 heavy (non-hydrogen) atoms. The van der Waals surface area contributed by atoms with Crippen LogP contribution in [0.15, 0.2) is 59.7 Å². The maximum Gasteiger partial charge on any atom is 0.270 e. The summed E-state index contributed by atoms with van der Waals surface area (Å²) in [6.07, 6.45) is 3.55. The molecule has 0 saturated carbocycles. The van der Waals surface area contributed by atoms with Gasteiger partial charge >= 0.3 is 0 Å². The molecule has 0 aliphatic carbocycles. The number of rotatable bonds is 6. The van der Waals surface area contributed by atoms with Crippen molar-refractivity contribution in [2.45, 2.75) is 13.3 Å². The Morgan fingerprint density at radius 1 is 1.24 bits per heavy atom. The van der Waals surface area contributed by atoms with E-state index in [-0.39, 0.29) is 11.1 Å². The molecule has 0 unspecified atom stereocenters. The van der Waals surface area contributed by atoms with Gasteiger partial charge in [0.2, 0.25) is 0 Å². The first-order valence-electron chi connectivity index (χ1n) is 8.09. The lowest BCUT2D eigenvalue weighted by Crippen LogP contribution is -2.32. The standard InChI is InChI=1S/C19H19N3O3/c1-14-6-4-7-15(12-14)25-11-5-9-20-18(23)16-13-21-17-8-2-3-10-22(17)19(16)24/h2-4,6-8,10,12-13H,5,9,11H2,1H3,(H,20,23). The zero-order valence-corrected chi connectivity index (χ0v) is 13.9. The topological polar surface area (TPSA) is 72.7 Å². The van der Waals surface area contributed by atoms with Gasteiger partial charge in [-0.15, -0.1) is 0 Å². The van der Waals surface area contributed by atoms with E-state index in [2.05, 4.69) is 10.3 Å². The lowest BCUT2D eigenvalue weighted by atomic mass is 10.2. The molecular weight excluding hydrogens is 318 g/mol. The molecule has 6 heteroatoms. The number of hydrogen-bond acceptors (Lipinski definition) is 4. The number of nitrogens with one attached hydrogen (secondary N) is 1. The second-order valence-electron chi connectivity index (χ2n) is 5.68. The molecule has 2 heterocycles. The van der Waals surface area contributed by atoms with Crippen molar-refractivity contribution in [3.8, 4) is 5.75 Å². The van der Waals surface area contributed by atoms with Gasteiger partial charge in [-0.25, -0.2) is 4.98 Å². The third-order valence-electron chi connectivity index (χ3n) is 3.72. The summed E-state index contributed by atoms with van der Waals surface area (Å²) in [5, 5.41) is 2.73. The first-order chi connectivity index (χ1) is 12.1. The van der Waals surface area contributed by atoms with Crippen molar-refractivity contribution in [3.63, 3.8) is 0 Å². The van der Waals surface area contributed by atoms with Gasteiger partial charge in [-0.3, -0.25) is 14.0 Å². The molecule has 0 fully saturated rings. The van der Waals surface area contributed by atoms with E-state index >= 15 is 0 Å². The van der Waals surface area contributed by atoms with Crippen LogP contribution < -0.4 is 15.6 Å². The Hall–Kier alpha value is -3.15. The summed E-state index contributed by atoms with van der Waals surface area (Å²) in [5.74, 6) is 0.384. The van der Waals surface area contributed by atoms with Gasteiger partial charge in [0.05, 0.1) is 6.61 Å². The van der Waals surface area contributed by atoms with Crippen molar-refractivity contribution in [1.82, 2.24) is 14.7 Å². The Bertz CT molecular complexity index is 950. The molecule has 1 N–H and O–H groups in total. The second-order valence-corrected chi connectivity index (χ2v) is 5.68. The summed E-state index contributed by atoms with van der Waals surface area (Å²) in [6.45, 7) is 2.91. The molecule has 6 nitrogen and oxygen atoms in total. The Kier molecular flexibility index (Phi) is 5.09. The lowest BCUT2D eigenvalue weighted by Gasteiger charge is -2.08. The SMILES string of the molecule is Cc1cccc(OCCCNC(=O)c2cnc3ccccn3c2=O)c1. The first-order valence-corrected chi connectivity index (χ1v) is 8.09. The predicted molar refractivity (Wildman–Crippen MR) is 95.1 cm³/mol. The van der Waals surface area contributed by atoms with Crippen LogP contribution >= 0.6 is 0 Å². The van der Waals surface area contributed by atoms with Crippen molar-refractivity contribution in [1.29, 1.82) is 0 Å². The molecule has 0 saturated heterocycles. The van der Waals surface area contributed by atoms with Crippen molar-refractivity contribution < 1.29 is 9.53 Å². The smallest absolute Gasteiger partial charge is 0.270 e. The summed E-state index contributed by atoms with van der Waals surface area (Å²) in [5.41, 5.74) is 1.30. The largest absolute Gasteiger partial charge is 0.494 e. The maximum atomic E-state index is 12.3. The van der Waals surface area contributed by atoms with Crippen LogP contribution in [0, 0.1) is 6.92 Å². The fraction of sp³-hybridized carbons (Fsp3) is 0.211. The zero-order chi connectivity index (χ0) is 17.6. The van der Waals surface area contributed by atoms with E-state index < -0.39 is 5.91 Å². The third kappa shape index (κ3) is 4.03. The number of benzene rings is 1. The summed E-state index contributed by atoms with van der Waals surface area (Å²) in [6, 6.07) is 13.0. The van der Waals surface area contributed by atoms with Crippen LogP contribution in [0.25, 0.3) is 5.65 Å². The van der Waals surface area contributed by atoms with Crippen LogP contribution in [0.5, 0.6) is 5.75 Å². The number of fused-ring (bicyclic) bond motifs is 1. The molecule has 2 aromatic heterocycles. The van der Waals surface area contributed by atoms with Crippen LogP contribution in [-0.2, 0) is 0 Å². The molecule has 0 spiro atoms. The number of ether oxygens (including phenoxy) is 1. The van der Waals surface area contributed by atoms with E-state index in [1.807, 2.05) is 31.2 Å². The molecular formula is C19H19N3O3. The van der Waals surface area contributed by atoms with Gasteiger partial charge in [0.1, 0.15) is 17.0 Å². The monoisotopic (exact) mass is 337 g/mol. The Balaban J connectivity index is 1.53. The number of aromatic nitrogens is 2. The third-order valence-corrected chi connectivity index (χ3v) is 3.72. The minimum atomic E-state index is -0.425. The van der Waals surface area contributed by atoms with E-state index in [0.29, 0.717) is 25.2 Å². The average molecular weight is 337 g/mol. The van der Waals surface area contributed by atoms with Crippen LogP contribution in [0.2, 0.25) is 0 Å². The number of aryl methyl sites for hydroxylation is 1. The number of carbonyl (C=O) groups is 1. The van der Waals surface area contributed by atoms with Crippen LogP contribution in [-0.4, -0.2) is 28.4 Å². The Labute approximate surface area is 145 Å². The molecule has 0 aliphatic rings. The highest BCUT2D eigenvalue weighted by atomic mass is 16.5. The van der Waals surface area contributed by atoms with E-state index in [4.69, 9.17) is 4.74 Å². The van der Waals surface area contributed by atoms with Gasteiger partial charge in [-0.05, 0) is 43.2 Å². The zero-order valence-electron chi connectivity index (χ0n) is 13.9. The van der Waals surface area contributed by atoms with E-state index in [0.717, 1.165) is 11.3 Å². The fourth-order valence-electron chi connectivity index (χ4n) is 2.45. The number of amides is 1. The quantitative estimate of drug-likeness (QED) is 0.700. The highest BCUT2D eigenvalue weighted by Crippen LogP contribution is 2.12. The molecule has 0 radical (unpaired) electrons. The molecule has 0 atom stereocenters. The predicted octanol–water partition coefficient (Wildman–Crippen LogP) is 2.20. The minimum absolute atomic E-state index is 0.0308. The van der Waals surface area contributed by atoms with Gasteiger partial charge in [0.15, 0.2) is 0 Å².